The number of Topliss-reactive ketones (excluding diaryl/α,β-unsaturated/α-hetero) is 1. The van der Waals surface area contributed by atoms with Crippen molar-refractivity contribution in [3.63, 3.8) is 0 Å². The molecule has 0 aliphatic carbocycles. The number of nitrogens with two attached hydrogens (primary N) is 1. The number of nitrogen functional groups attached to an aromatic ring is 1. The Morgan fingerprint density at radius 1 is 1.07 bits per heavy atom. The summed E-state index contributed by atoms with van der Waals surface area (Å²) >= 11 is 0. The molecule has 1 aromatic heterocycles. The Hall–Kier alpha value is -3.60. The van der Waals surface area contributed by atoms with Crippen molar-refractivity contribution >= 4 is 23.1 Å². The van der Waals surface area contributed by atoms with Crippen LogP contribution in [-0.4, -0.2) is 20.2 Å². The van der Waals surface area contributed by atoms with E-state index in [-0.39, 0.29) is 52.2 Å². The molecule has 29 heavy (non-hydrogen) atoms. The topological polar surface area (TPSA) is 138 Å². The lowest BCUT2D eigenvalue weighted by molar-refractivity contribution is -0.667. The van der Waals surface area contributed by atoms with Crippen molar-refractivity contribution in [2.45, 2.75) is 6.54 Å². The van der Waals surface area contributed by atoms with Gasteiger partial charge in [0.2, 0.25) is 0 Å². The summed E-state index contributed by atoms with van der Waals surface area (Å²) in [5.41, 5.74) is 7.20. The second-order valence-electron chi connectivity index (χ2n) is 6.10. The van der Waals surface area contributed by atoms with Crippen LogP contribution in [-0.2, 0) is 13.6 Å². The first-order valence-electron chi connectivity index (χ1n) is 8.15. The maximum Gasteiger partial charge on any atom is 0.355 e. The van der Waals surface area contributed by atoms with Gasteiger partial charge < -0.3 is 17.0 Å². The lowest BCUT2D eigenvalue weighted by Gasteiger charge is -2.00. The van der Waals surface area contributed by atoms with Crippen molar-refractivity contribution in [1.29, 1.82) is 0 Å². The first-order valence-corrected chi connectivity index (χ1v) is 8.15. The summed E-state index contributed by atoms with van der Waals surface area (Å²) in [4.78, 5) is 33.4. The number of ketones is 1. The van der Waals surface area contributed by atoms with Gasteiger partial charge in [-0.1, -0.05) is 24.3 Å². The summed E-state index contributed by atoms with van der Waals surface area (Å²) < 4.78 is 3.11. The molecular weight excluding hydrogens is 446 g/mol. The van der Waals surface area contributed by atoms with Gasteiger partial charge in [0, 0.05) is 35.4 Å². The predicted molar refractivity (Wildman–Crippen MR) is 99.5 cm³/mol. The number of benzene rings is 2. The monoisotopic (exact) mass is 461 g/mol. The Morgan fingerprint density at radius 3 is 2.28 bits per heavy atom. The Bertz CT molecular complexity index is 1110. The number of imidazole rings is 1. The Balaban J connectivity index is 0.00000300. The van der Waals surface area contributed by atoms with Gasteiger partial charge in [0.25, 0.3) is 11.4 Å². The number of anilines is 1. The van der Waals surface area contributed by atoms with E-state index in [0.717, 1.165) is 0 Å². The van der Waals surface area contributed by atoms with Gasteiger partial charge in [-0.3, -0.25) is 30.8 Å². The summed E-state index contributed by atoms with van der Waals surface area (Å²) in [6.07, 6.45) is 1.61. The van der Waals surface area contributed by atoms with Crippen LogP contribution < -0.4 is 27.3 Å². The van der Waals surface area contributed by atoms with Crippen LogP contribution >= 0.6 is 0 Å². The van der Waals surface area contributed by atoms with Crippen molar-refractivity contribution in [1.82, 2.24) is 4.57 Å². The van der Waals surface area contributed by atoms with E-state index in [1.807, 2.05) is 0 Å². The molecule has 1 heterocycles. The number of aromatic nitrogens is 2. The quantitative estimate of drug-likeness (QED) is 0.222. The van der Waals surface area contributed by atoms with Gasteiger partial charge in [0.1, 0.15) is 18.4 Å². The first kappa shape index (κ1) is 21.7. The molecule has 0 saturated carbocycles. The molecule has 0 unspecified atom stereocenters. The maximum atomic E-state index is 12.5. The van der Waals surface area contributed by atoms with Crippen molar-refractivity contribution in [3.8, 4) is 11.3 Å². The number of hydrogen-bond donors (Lipinski definition) is 1. The summed E-state index contributed by atoms with van der Waals surface area (Å²) in [6.45, 7) is -0.129. The van der Waals surface area contributed by atoms with E-state index in [2.05, 4.69) is 0 Å². The molecule has 150 valence electrons. The number of carbonyl (C=O) groups excluding carboxylic acids is 1. The molecule has 0 spiro atoms. The van der Waals surface area contributed by atoms with Crippen LogP contribution in [0.5, 0.6) is 0 Å². The molecule has 2 aromatic carbocycles. The molecule has 0 saturated heterocycles. The van der Waals surface area contributed by atoms with Crippen molar-refractivity contribution in [2.24, 2.45) is 7.05 Å². The molecule has 11 heteroatoms. The third-order valence-electron chi connectivity index (χ3n) is 4.32. The van der Waals surface area contributed by atoms with E-state index in [1.165, 1.54) is 41.0 Å². The summed E-state index contributed by atoms with van der Waals surface area (Å²) in [5, 5.41) is 21.9. The van der Waals surface area contributed by atoms with Crippen LogP contribution in [0.15, 0.2) is 54.7 Å². The summed E-state index contributed by atoms with van der Waals surface area (Å²) in [7, 11) is 1.68. The normalized spacial score (nSPS) is 10.2. The summed E-state index contributed by atoms with van der Waals surface area (Å²) in [5.74, 6) is -0.0862. The number of nitro groups is 2. The van der Waals surface area contributed by atoms with Crippen LogP contribution in [0, 0.1) is 20.2 Å². The molecule has 0 aliphatic heterocycles. The molecule has 2 N–H and O–H groups in total. The second-order valence-corrected chi connectivity index (χ2v) is 6.10. The molecule has 10 nitrogen and oxygen atoms in total. The fourth-order valence-corrected chi connectivity index (χ4v) is 2.83. The van der Waals surface area contributed by atoms with Gasteiger partial charge in [0.05, 0.1) is 16.9 Å². The highest BCUT2D eigenvalue weighted by atomic mass is 79.9. The average molecular weight is 462 g/mol. The van der Waals surface area contributed by atoms with E-state index < -0.39 is 9.85 Å². The van der Waals surface area contributed by atoms with Gasteiger partial charge in [0.15, 0.2) is 5.78 Å². The zero-order valence-electron chi connectivity index (χ0n) is 15.2. The third-order valence-corrected chi connectivity index (χ3v) is 4.32. The van der Waals surface area contributed by atoms with Crippen LogP contribution in [0.1, 0.15) is 10.4 Å². The lowest BCUT2D eigenvalue weighted by Crippen LogP contribution is -3.00. The SMILES string of the molecule is Cn1c(-c2cccc([N+](=O)[O-])c2)c[n+](CC(=O)c2cccc([N+](=O)[O-])c2)c1N.[Br-]. The number of non-ortho nitro benzene ring substituents is 2. The fourth-order valence-electron chi connectivity index (χ4n) is 2.83. The molecule has 0 radical (unpaired) electrons. The Labute approximate surface area is 175 Å². The number of nitro benzene ring substituents is 2. The summed E-state index contributed by atoms with van der Waals surface area (Å²) in [6, 6.07) is 11.5. The van der Waals surface area contributed by atoms with Gasteiger partial charge in [-0.15, -0.1) is 0 Å². The van der Waals surface area contributed by atoms with Gasteiger partial charge in [-0.25, -0.2) is 9.13 Å². The second kappa shape index (κ2) is 8.61. The van der Waals surface area contributed by atoms with Gasteiger partial charge >= 0.3 is 5.95 Å². The standard InChI is InChI=1S/C18H15N5O5.BrH/c1-20-16(12-4-2-6-14(8-12)22(25)26)10-21(18(20)19)11-17(24)13-5-3-7-15(9-13)23(27)28;/h2-10,19H,11H2,1H3;1H. The number of hydrogen-bond acceptors (Lipinski definition) is 6. The van der Waals surface area contributed by atoms with E-state index in [9.17, 15) is 25.0 Å². The smallest absolute Gasteiger partial charge is 0.355 e. The van der Waals surface area contributed by atoms with Gasteiger partial charge in [-0.05, 0) is 0 Å². The molecule has 0 amide bonds. The molecular formula is C18H16BrN5O5. The average Bonchev–Trinajstić information content (AvgIpc) is 2.96. The molecule has 0 bridgehead atoms. The maximum absolute atomic E-state index is 12.5. The Morgan fingerprint density at radius 2 is 1.66 bits per heavy atom. The highest BCUT2D eigenvalue weighted by Gasteiger charge is 2.22. The fraction of sp³-hybridized carbons (Fsp3) is 0.111. The zero-order valence-corrected chi connectivity index (χ0v) is 16.8. The minimum atomic E-state index is -0.568. The highest BCUT2D eigenvalue weighted by Crippen LogP contribution is 2.24. The number of rotatable bonds is 6. The zero-order chi connectivity index (χ0) is 20.4. The van der Waals surface area contributed by atoms with E-state index in [0.29, 0.717) is 11.3 Å². The molecule has 0 atom stereocenters. The van der Waals surface area contributed by atoms with Crippen molar-refractivity contribution in [2.75, 3.05) is 5.73 Å². The molecule has 3 rings (SSSR count). The largest absolute Gasteiger partial charge is 1.00 e. The van der Waals surface area contributed by atoms with E-state index >= 15 is 0 Å². The molecule has 0 fully saturated rings. The van der Waals surface area contributed by atoms with E-state index in [4.69, 9.17) is 5.73 Å². The number of halogens is 1. The van der Waals surface area contributed by atoms with Crippen LogP contribution in [0.4, 0.5) is 17.3 Å². The molecule has 3 aromatic rings. The van der Waals surface area contributed by atoms with Gasteiger partial charge in [-0.2, -0.15) is 0 Å². The molecule has 0 aliphatic rings. The third kappa shape index (κ3) is 4.46. The van der Waals surface area contributed by atoms with E-state index in [1.54, 1.807) is 29.9 Å². The Kier molecular flexibility index (Phi) is 6.44. The minimum Gasteiger partial charge on any atom is -1.00 e. The van der Waals surface area contributed by atoms with Crippen molar-refractivity contribution < 1.29 is 36.2 Å². The predicted octanol–water partition coefficient (Wildman–Crippen LogP) is -0.735. The number of nitrogens with zero attached hydrogens (tertiary/aromatic N) is 4. The van der Waals surface area contributed by atoms with Crippen LogP contribution in [0.2, 0.25) is 0 Å². The number of carbonyl (C=O) groups is 1. The van der Waals surface area contributed by atoms with Crippen molar-refractivity contribution in [3.05, 3.63) is 80.5 Å². The highest BCUT2D eigenvalue weighted by molar-refractivity contribution is 5.95. The first-order chi connectivity index (χ1) is 13.3. The van der Waals surface area contributed by atoms with Crippen LogP contribution in [0.3, 0.4) is 0 Å². The lowest BCUT2D eigenvalue weighted by atomic mass is 10.1. The minimum absolute atomic E-state index is 0. The van der Waals surface area contributed by atoms with Crippen LogP contribution in [0.25, 0.3) is 11.3 Å².